The number of allylic oxidation sites excluding steroid dienone is 3. The number of hydrogen-bond acceptors (Lipinski definition) is 4. The van der Waals surface area contributed by atoms with Crippen molar-refractivity contribution in [1.29, 1.82) is 0 Å². The number of hydrogen-bond donors (Lipinski definition) is 1. The van der Waals surface area contributed by atoms with E-state index in [1.165, 1.54) is 5.57 Å². The van der Waals surface area contributed by atoms with E-state index in [4.69, 9.17) is 0 Å². The Morgan fingerprint density at radius 3 is 3.06 bits per heavy atom. The lowest BCUT2D eigenvalue weighted by Gasteiger charge is -1.98. The second-order valence-electron chi connectivity index (χ2n) is 3.71. The van der Waals surface area contributed by atoms with Crippen LogP contribution in [-0.4, -0.2) is 25.7 Å². The summed E-state index contributed by atoms with van der Waals surface area (Å²) in [7, 11) is 0. The molecule has 0 bridgehead atoms. The molecule has 0 aliphatic rings. The number of nitrogens with one attached hydrogen (secondary N) is 1. The largest absolute Gasteiger partial charge is 0.341 e. The molecule has 4 nitrogen and oxygen atoms in total. The SMILES string of the molecule is CC=C(C=CCSc1ncnc2nc[nH]c12)CC. The Morgan fingerprint density at radius 1 is 1.39 bits per heavy atom. The average Bonchev–Trinajstić information content (AvgIpc) is 2.88. The van der Waals surface area contributed by atoms with Crippen LogP contribution in [0.25, 0.3) is 11.2 Å². The van der Waals surface area contributed by atoms with Crippen molar-refractivity contribution in [2.75, 3.05) is 5.75 Å². The number of aromatic nitrogens is 4. The van der Waals surface area contributed by atoms with E-state index in [9.17, 15) is 0 Å². The van der Waals surface area contributed by atoms with Crippen LogP contribution < -0.4 is 0 Å². The van der Waals surface area contributed by atoms with E-state index >= 15 is 0 Å². The number of imidazole rings is 1. The van der Waals surface area contributed by atoms with Crippen molar-refractivity contribution in [2.45, 2.75) is 25.3 Å². The molecular formula is C13H16N4S. The van der Waals surface area contributed by atoms with E-state index in [2.05, 4.69) is 52.0 Å². The van der Waals surface area contributed by atoms with Crippen molar-refractivity contribution in [1.82, 2.24) is 19.9 Å². The first kappa shape index (κ1) is 12.8. The third kappa shape index (κ3) is 2.98. The number of H-pyrrole nitrogens is 1. The normalized spacial score (nSPS) is 12.7. The van der Waals surface area contributed by atoms with Gasteiger partial charge in [-0.25, -0.2) is 15.0 Å². The molecule has 0 aliphatic carbocycles. The molecule has 2 rings (SSSR count). The topological polar surface area (TPSA) is 54.5 Å². The van der Waals surface area contributed by atoms with Gasteiger partial charge >= 0.3 is 0 Å². The minimum Gasteiger partial charge on any atom is -0.341 e. The van der Waals surface area contributed by atoms with Crippen molar-refractivity contribution in [3.8, 4) is 0 Å². The maximum Gasteiger partial charge on any atom is 0.181 e. The molecule has 2 aromatic rings. The van der Waals surface area contributed by atoms with Gasteiger partial charge in [0.05, 0.1) is 6.33 Å². The second kappa shape index (κ2) is 6.35. The summed E-state index contributed by atoms with van der Waals surface area (Å²) in [5.41, 5.74) is 2.99. The van der Waals surface area contributed by atoms with Gasteiger partial charge in [0.1, 0.15) is 16.9 Å². The summed E-state index contributed by atoms with van der Waals surface area (Å²) in [6, 6.07) is 0. The van der Waals surface area contributed by atoms with Crippen LogP contribution in [0.5, 0.6) is 0 Å². The van der Waals surface area contributed by atoms with E-state index in [0.29, 0.717) is 0 Å². The molecule has 2 heterocycles. The molecular weight excluding hydrogens is 244 g/mol. The lowest BCUT2D eigenvalue weighted by molar-refractivity contribution is 1.09. The molecule has 1 N–H and O–H groups in total. The quantitative estimate of drug-likeness (QED) is 0.509. The highest BCUT2D eigenvalue weighted by atomic mass is 32.2. The molecule has 94 valence electrons. The first-order valence-corrected chi connectivity index (χ1v) is 6.92. The van der Waals surface area contributed by atoms with Crippen molar-refractivity contribution in [3.63, 3.8) is 0 Å². The monoisotopic (exact) mass is 260 g/mol. The van der Waals surface area contributed by atoms with Crippen LogP contribution in [0.4, 0.5) is 0 Å². The number of aromatic amines is 1. The zero-order valence-corrected chi connectivity index (χ0v) is 11.4. The predicted octanol–water partition coefficient (Wildman–Crippen LogP) is 3.36. The van der Waals surface area contributed by atoms with Crippen LogP contribution in [-0.2, 0) is 0 Å². The van der Waals surface area contributed by atoms with Crippen LogP contribution in [0.3, 0.4) is 0 Å². The fourth-order valence-electron chi connectivity index (χ4n) is 1.60. The predicted molar refractivity (Wildman–Crippen MR) is 75.6 cm³/mol. The maximum absolute atomic E-state index is 4.27. The minimum absolute atomic E-state index is 0.721. The fourth-order valence-corrected chi connectivity index (χ4v) is 2.36. The third-order valence-corrected chi connectivity index (χ3v) is 3.56. The van der Waals surface area contributed by atoms with Crippen molar-refractivity contribution < 1.29 is 0 Å². The Hall–Kier alpha value is -1.62. The molecule has 0 unspecified atom stereocenters. The highest BCUT2D eigenvalue weighted by Crippen LogP contribution is 2.21. The molecule has 0 atom stereocenters. The number of fused-ring (bicyclic) bond motifs is 1. The van der Waals surface area contributed by atoms with Gasteiger partial charge in [0.2, 0.25) is 0 Å². The van der Waals surface area contributed by atoms with E-state index in [1.54, 1.807) is 24.4 Å². The Kier molecular flexibility index (Phi) is 4.52. The van der Waals surface area contributed by atoms with Gasteiger partial charge in [-0.05, 0) is 13.3 Å². The number of rotatable bonds is 5. The minimum atomic E-state index is 0.721. The second-order valence-corrected chi connectivity index (χ2v) is 4.72. The lowest BCUT2D eigenvalue weighted by atomic mass is 10.2. The van der Waals surface area contributed by atoms with E-state index in [-0.39, 0.29) is 0 Å². The van der Waals surface area contributed by atoms with E-state index < -0.39 is 0 Å². The summed E-state index contributed by atoms with van der Waals surface area (Å²) in [6.45, 7) is 4.22. The molecule has 0 saturated heterocycles. The van der Waals surface area contributed by atoms with Gasteiger partial charge in [-0.2, -0.15) is 0 Å². The van der Waals surface area contributed by atoms with E-state index in [1.807, 2.05) is 0 Å². The molecule has 0 radical (unpaired) electrons. The summed E-state index contributed by atoms with van der Waals surface area (Å²) in [4.78, 5) is 15.5. The van der Waals surface area contributed by atoms with Crippen LogP contribution in [0.2, 0.25) is 0 Å². The molecule has 0 amide bonds. The summed E-state index contributed by atoms with van der Waals surface area (Å²) >= 11 is 1.68. The highest BCUT2D eigenvalue weighted by molar-refractivity contribution is 7.99. The highest BCUT2D eigenvalue weighted by Gasteiger charge is 2.04. The maximum atomic E-state index is 4.27. The van der Waals surface area contributed by atoms with Gasteiger partial charge in [0, 0.05) is 5.75 Å². The van der Waals surface area contributed by atoms with Gasteiger partial charge in [-0.15, -0.1) is 0 Å². The van der Waals surface area contributed by atoms with Crippen LogP contribution in [0.1, 0.15) is 20.3 Å². The molecule has 0 fully saturated rings. The first-order valence-electron chi connectivity index (χ1n) is 5.93. The Labute approximate surface area is 111 Å². The van der Waals surface area contributed by atoms with Crippen molar-refractivity contribution in [2.24, 2.45) is 0 Å². The van der Waals surface area contributed by atoms with Crippen LogP contribution in [0.15, 0.2) is 41.5 Å². The summed E-state index contributed by atoms with van der Waals surface area (Å²) in [5, 5.41) is 0.945. The van der Waals surface area contributed by atoms with Crippen molar-refractivity contribution in [3.05, 3.63) is 36.5 Å². The Bertz CT molecular complexity index is 571. The van der Waals surface area contributed by atoms with Crippen molar-refractivity contribution >= 4 is 22.9 Å². The molecule has 0 saturated carbocycles. The van der Waals surface area contributed by atoms with Gasteiger partial charge in [-0.1, -0.05) is 42.5 Å². The molecule has 5 heteroatoms. The zero-order valence-electron chi connectivity index (χ0n) is 10.6. The van der Waals surface area contributed by atoms with Gasteiger partial charge < -0.3 is 4.98 Å². The zero-order chi connectivity index (χ0) is 12.8. The van der Waals surface area contributed by atoms with Gasteiger partial charge in [0.25, 0.3) is 0 Å². The molecule has 0 aromatic carbocycles. The Balaban J connectivity index is 2.00. The third-order valence-electron chi connectivity index (χ3n) is 2.62. The standard InChI is InChI=1S/C13H16N4S/c1-3-10(4-2)6-5-7-18-13-11-12(15-8-14-11)16-9-17-13/h3,5-6,8-9H,4,7H2,1-2H3,(H,14,15,16,17). The number of thioether (sulfide) groups is 1. The van der Waals surface area contributed by atoms with Gasteiger partial charge in [-0.3, -0.25) is 0 Å². The molecule has 0 aliphatic heterocycles. The smallest absolute Gasteiger partial charge is 0.181 e. The average molecular weight is 260 g/mol. The van der Waals surface area contributed by atoms with Gasteiger partial charge in [0.15, 0.2) is 5.65 Å². The summed E-state index contributed by atoms with van der Waals surface area (Å²) < 4.78 is 0. The van der Waals surface area contributed by atoms with Crippen LogP contribution in [0, 0.1) is 0 Å². The first-order chi connectivity index (χ1) is 8.85. The van der Waals surface area contributed by atoms with E-state index in [0.717, 1.165) is 28.4 Å². The number of nitrogens with zero attached hydrogens (tertiary/aromatic N) is 3. The molecule has 2 aromatic heterocycles. The summed E-state index contributed by atoms with van der Waals surface area (Å²) in [5.74, 6) is 0.891. The summed E-state index contributed by atoms with van der Waals surface area (Å²) in [6.07, 6.45) is 10.7. The lowest BCUT2D eigenvalue weighted by Crippen LogP contribution is -1.86. The van der Waals surface area contributed by atoms with Crippen LogP contribution >= 0.6 is 11.8 Å². The fraction of sp³-hybridized carbons (Fsp3) is 0.308. The molecule has 18 heavy (non-hydrogen) atoms. The Morgan fingerprint density at radius 2 is 2.28 bits per heavy atom. The molecule has 0 spiro atoms.